The molecule has 2 rings (SSSR count). The van der Waals surface area contributed by atoms with E-state index >= 15 is 0 Å². The third-order valence-corrected chi connectivity index (χ3v) is 2.12. The van der Waals surface area contributed by atoms with Gasteiger partial charge in [0.15, 0.2) is 6.29 Å². The van der Waals surface area contributed by atoms with Crippen LogP contribution in [0.3, 0.4) is 0 Å². The number of nitrogens with zero attached hydrogens (tertiary/aromatic N) is 1. The molecule has 3 N–H and O–H groups in total. The molecule has 78 valence electrons. The summed E-state index contributed by atoms with van der Waals surface area (Å²) < 4.78 is 0. The maximum absolute atomic E-state index is 10.5. The van der Waals surface area contributed by atoms with Crippen LogP contribution in [-0.2, 0) is 0 Å². The number of hydrogen-bond donors (Lipinski definition) is 3. The Balaban J connectivity index is 2.57. The fraction of sp³-hybridized carbons (Fsp3) is 0.111. The van der Waals surface area contributed by atoms with Crippen LogP contribution >= 0.6 is 0 Å². The van der Waals surface area contributed by atoms with Crippen LogP contribution in [0.2, 0.25) is 0 Å². The van der Waals surface area contributed by atoms with Crippen molar-refractivity contribution in [2.45, 2.75) is 6.29 Å². The summed E-state index contributed by atoms with van der Waals surface area (Å²) in [6.45, 7) is 0. The highest BCUT2D eigenvalue weighted by Gasteiger charge is 2.10. The normalized spacial score (nSPS) is 11.1. The Hall–Kier alpha value is -1.92. The lowest BCUT2D eigenvalue weighted by Gasteiger charge is -1.96. The van der Waals surface area contributed by atoms with Gasteiger partial charge in [-0.25, -0.2) is 0 Å². The molecule has 1 aromatic carbocycles. The SMILES string of the molecule is O=[N+]([O-])c1ccc2cc(C(O)O)[nH]c2c1. The molecular weight excluding hydrogens is 200 g/mol. The molecule has 6 nitrogen and oxygen atoms in total. The molecule has 0 spiro atoms. The monoisotopic (exact) mass is 208 g/mol. The summed E-state index contributed by atoms with van der Waals surface area (Å²) >= 11 is 0. The molecule has 6 heteroatoms. The van der Waals surface area contributed by atoms with Crippen LogP contribution in [0.15, 0.2) is 24.3 Å². The Morgan fingerprint density at radius 1 is 1.33 bits per heavy atom. The standard InChI is InChI=1S/C9H8N2O4/c12-9(13)8-3-5-1-2-6(11(14)15)4-7(5)10-8/h1-4,9-10,12-13H. The highest BCUT2D eigenvalue weighted by atomic mass is 16.6. The molecule has 0 aliphatic heterocycles. The van der Waals surface area contributed by atoms with Gasteiger partial charge in [0, 0.05) is 17.5 Å². The zero-order valence-corrected chi connectivity index (χ0v) is 7.54. The van der Waals surface area contributed by atoms with E-state index in [1.165, 1.54) is 18.2 Å². The molecule has 0 radical (unpaired) electrons. The molecule has 1 aromatic heterocycles. The van der Waals surface area contributed by atoms with Gasteiger partial charge in [0.1, 0.15) is 0 Å². The van der Waals surface area contributed by atoms with Crippen molar-refractivity contribution in [3.05, 3.63) is 40.1 Å². The van der Waals surface area contributed by atoms with E-state index in [1.807, 2.05) is 0 Å². The molecule has 0 saturated carbocycles. The van der Waals surface area contributed by atoms with Gasteiger partial charge in [-0.3, -0.25) is 10.1 Å². The van der Waals surface area contributed by atoms with E-state index in [9.17, 15) is 10.1 Å². The number of aromatic nitrogens is 1. The van der Waals surface area contributed by atoms with Gasteiger partial charge in [0.2, 0.25) is 0 Å². The zero-order valence-electron chi connectivity index (χ0n) is 7.54. The average Bonchev–Trinajstić information content (AvgIpc) is 2.59. The van der Waals surface area contributed by atoms with E-state index in [2.05, 4.69) is 4.98 Å². The number of non-ortho nitro benzene ring substituents is 1. The molecular formula is C9H8N2O4. The topological polar surface area (TPSA) is 99.4 Å². The molecule has 1 heterocycles. The average molecular weight is 208 g/mol. The summed E-state index contributed by atoms with van der Waals surface area (Å²) in [6.07, 6.45) is -1.60. The number of hydrogen-bond acceptors (Lipinski definition) is 4. The smallest absolute Gasteiger partial charge is 0.271 e. The van der Waals surface area contributed by atoms with Crippen molar-refractivity contribution in [1.82, 2.24) is 4.98 Å². The first kappa shape index (κ1) is 9.63. The van der Waals surface area contributed by atoms with Crippen LogP contribution in [0.1, 0.15) is 12.0 Å². The number of aromatic amines is 1. The van der Waals surface area contributed by atoms with Crippen LogP contribution < -0.4 is 0 Å². The lowest BCUT2D eigenvalue weighted by atomic mass is 10.2. The number of aliphatic hydroxyl groups is 2. The van der Waals surface area contributed by atoms with Crippen LogP contribution in [0, 0.1) is 10.1 Å². The first-order valence-electron chi connectivity index (χ1n) is 4.21. The van der Waals surface area contributed by atoms with Gasteiger partial charge >= 0.3 is 0 Å². The number of rotatable bonds is 2. The van der Waals surface area contributed by atoms with Crippen molar-refractivity contribution < 1.29 is 15.1 Å². The van der Waals surface area contributed by atoms with Gasteiger partial charge in [-0.1, -0.05) is 0 Å². The van der Waals surface area contributed by atoms with E-state index in [1.54, 1.807) is 6.07 Å². The number of nitro groups is 1. The summed E-state index contributed by atoms with van der Waals surface area (Å²) in [6, 6.07) is 5.80. The first-order valence-corrected chi connectivity index (χ1v) is 4.21. The first-order chi connectivity index (χ1) is 7.08. The minimum atomic E-state index is -1.60. The predicted molar refractivity (Wildman–Crippen MR) is 52.1 cm³/mol. The molecule has 0 amide bonds. The number of benzene rings is 1. The van der Waals surface area contributed by atoms with Crippen LogP contribution in [-0.4, -0.2) is 20.1 Å². The maximum atomic E-state index is 10.5. The minimum absolute atomic E-state index is 0.0386. The van der Waals surface area contributed by atoms with Gasteiger partial charge in [0.05, 0.1) is 16.1 Å². The molecule has 0 aliphatic rings. The van der Waals surface area contributed by atoms with Crippen molar-refractivity contribution in [3.8, 4) is 0 Å². The molecule has 0 unspecified atom stereocenters. The second kappa shape index (κ2) is 3.34. The quantitative estimate of drug-likeness (QED) is 0.390. The van der Waals surface area contributed by atoms with Gasteiger partial charge < -0.3 is 15.2 Å². The van der Waals surface area contributed by atoms with Gasteiger partial charge in [-0.15, -0.1) is 0 Å². The highest BCUT2D eigenvalue weighted by molar-refractivity contribution is 5.82. The Kier molecular flexibility index (Phi) is 2.14. The van der Waals surface area contributed by atoms with Crippen LogP contribution in [0.5, 0.6) is 0 Å². The summed E-state index contributed by atoms with van der Waals surface area (Å²) in [5.74, 6) is 0. The zero-order chi connectivity index (χ0) is 11.0. The highest BCUT2D eigenvalue weighted by Crippen LogP contribution is 2.23. The molecule has 2 aromatic rings. The Bertz CT molecular complexity index is 518. The van der Waals surface area contributed by atoms with Crippen molar-refractivity contribution in [1.29, 1.82) is 0 Å². The molecule has 0 bridgehead atoms. The van der Waals surface area contributed by atoms with Gasteiger partial charge in [-0.2, -0.15) is 0 Å². The van der Waals surface area contributed by atoms with Crippen molar-refractivity contribution in [2.75, 3.05) is 0 Å². The summed E-state index contributed by atoms with van der Waals surface area (Å²) in [5, 5.41) is 29.0. The lowest BCUT2D eigenvalue weighted by Crippen LogP contribution is -1.93. The van der Waals surface area contributed by atoms with Gasteiger partial charge in [0.25, 0.3) is 5.69 Å². The Morgan fingerprint density at radius 3 is 2.67 bits per heavy atom. The number of H-pyrrole nitrogens is 1. The van der Waals surface area contributed by atoms with E-state index in [0.29, 0.717) is 10.9 Å². The van der Waals surface area contributed by atoms with Crippen molar-refractivity contribution in [2.24, 2.45) is 0 Å². The third kappa shape index (κ3) is 1.67. The molecule has 0 atom stereocenters. The van der Waals surface area contributed by atoms with Crippen molar-refractivity contribution in [3.63, 3.8) is 0 Å². The second-order valence-electron chi connectivity index (χ2n) is 3.13. The minimum Gasteiger partial charge on any atom is -0.363 e. The molecule has 15 heavy (non-hydrogen) atoms. The summed E-state index contributed by atoms with van der Waals surface area (Å²) in [5.41, 5.74) is 0.682. The fourth-order valence-corrected chi connectivity index (χ4v) is 1.39. The van der Waals surface area contributed by atoms with E-state index in [4.69, 9.17) is 10.2 Å². The number of aliphatic hydroxyl groups excluding tert-OH is 1. The maximum Gasteiger partial charge on any atom is 0.271 e. The van der Waals surface area contributed by atoms with E-state index in [-0.39, 0.29) is 11.4 Å². The van der Waals surface area contributed by atoms with Crippen LogP contribution in [0.25, 0.3) is 10.9 Å². The van der Waals surface area contributed by atoms with Crippen molar-refractivity contribution >= 4 is 16.6 Å². The Labute approximate surface area is 83.9 Å². The predicted octanol–water partition coefficient (Wildman–Crippen LogP) is 1.06. The van der Waals surface area contributed by atoms with E-state index in [0.717, 1.165) is 0 Å². The molecule has 0 aliphatic carbocycles. The molecule has 0 saturated heterocycles. The number of nitrogens with one attached hydrogen (secondary N) is 1. The van der Waals surface area contributed by atoms with E-state index < -0.39 is 11.2 Å². The summed E-state index contributed by atoms with van der Waals surface area (Å²) in [7, 11) is 0. The number of fused-ring (bicyclic) bond motifs is 1. The largest absolute Gasteiger partial charge is 0.363 e. The summed E-state index contributed by atoms with van der Waals surface area (Å²) in [4.78, 5) is 12.7. The fourth-order valence-electron chi connectivity index (χ4n) is 1.39. The molecule has 0 fully saturated rings. The lowest BCUT2D eigenvalue weighted by molar-refractivity contribution is -0.384. The third-order valence-electron chi connectivity index (χ3n) is 2.12. The number of nitro benzene ring substituents is 1. The second-order valence-corrected chi connectivity index (χ2v) is 3.13. The van der Waals surface area contributed by atoms with Gasteiger partial charge in [-0.05, 0) is 12.1 Å². The Morgan fingerprint density at radius 2 is 2.07 bits per heavy atom. The van der Waals surface area contributed by atoms with Crippen LogP contribution in [0.4, 0.5) is 5.69 Å².